The summed E-state index contributed by atoms with van der Waals surface area (Å²) in [4.78, 5) is 25.9. The fourth-order valence-electron chi connectivity index (χ4n) is 5.05. The Labute approximate surface area is 185 Å². The number of carboxylic acids is 1. The Balaban J connectivity index is 1.63. The van der Waals surface area contributed by atoms with Gasteiger partial charge in [-0.2, -0.15) is 4.57 Å². The van der Waals surface area contributed by atoms with Gasteiger partial charge in [-0.3, -0.25) is 4.79 Å². The van der Waals surface area contributed by atoms with Crippen molar-refractivity contribution in [1.29, 1.82) is 0 Å². The van der Waals surface area contributed by atoms with E-state index in [0.717, 1.165) is 21.9 Å². The molecule has 0 aliphatic carbocycles. The van der Waals surface area contributed by atoms with Gasteiger partial charge >= 0.3 is 0 Å². The number of amides is 1. The number of nitrogens with two attached hydrogens (primary N) is 1. The predicted octanol–water partition coefficient (Wildman–Crippen LogP) is 0.830. The van der Waals surface area contributed by atoms with Crippen LogP contribution in [0.15, 0.2) is 66.6 Å². The molecule has 1 aromatic heterocycles. The third-order valence-corrected chi connectivity index (χ3v) is 6.45. The van der Waals surface area contributed by atoms with Crippen molar-refractivity contribution in [2.45, 2.75) is 32.0 Å². The molecule has 7 nitrogen and oxygen atoms in total. The largest absolute Gasteiger partial charge is 0.543 e. The average molecular weight is 429 g/mol. The van der Waals surface area contributed by atoms with Crippen LogP contribution in [-0.2, 0) is 16.1 Å². The molecule has 0 spiro atoms. The number of pyridine rings is 1. The molecule has 1 fully saturated rings. The van der Waals surface area contributed by atoms with Crippen molar-refractivity contribution in [3.05, 3.63) is 77.7 Å². The Morgan fingerprint density at radius 3 is 2.78 bits per heavy atom. The van der Waals surface area contributed by atoms with Crippen LogP contribution in [0.3, 0.4) is 0 Å². The number of carbonyl (C=O) groups is 2. The number of fused-ring (bicyclic) bond motifs is 2. The topological polar surface area (TPSA) is 111 Å². The van der Waals surface area contributed by atoms with Gasteiger partial charge < -0.3 is 25.6 Å². The number of nitrogens with zero attached hydrogens (tertiary/aromatic N) is 2. The molecular weight excluding hydrogens is 406 g/mol. The van der Waals surface area contributed by atoms with Crippen LogP contribution in [-0.4, -0.2) is 34.0 Å². The molecule has 32 heavy (non-hydrogen) atoms. The normalized spacial score (nSPS) is 20.9. The molecule has 7 heteroatoms. The van der Waals surface area contributed by atoms with E-state index >= 15 is 0 Å². The lowest BCUT2D eigenvalue weighted by Gasteiger charge is -2.45. The lowest BCUT2D eigenvalue weighted by Crippen LogP contribution is -2.62. The van der Waals surface area contributed by atoms with Crippen molar-refractivity contribution in [3.8, 4) is 0 Å². The molecule has 2 aromatic carbocycles. The summed E-state index contributed by atoms with van der Waals surface area (Å²) in [5.41, 5.74) is 8.81. The van der Waals surface area contributed by atoms with Crippen LogP contribution in [0.2, 0.25) is 0 Å². The van der Waals surface area contributed by atoms with Crippen LogP contribution in [0.4, 0.5) is 5.69 Å². The summed E-state index contributed by atoms with van der Waals surface area (Å²) in [6.45, 7) is 2.11. The summed E-state index contributed by atoms with van der Waals surface area (Å²) < 4.78 is 1.98. The summed E-state index contributed by atoms with van der Waals surface area (Å²) in [7, 11) is 0. The predicted molar refractivity (Wildman–Crippen MR) is 116 cm³/mol. The number of carbonyl (C=O) groups excluding carboxylic acids is 2. The van der Waals surface area contributed by atoms with Crippen molar-refractivity contribution in [2.24, 2.45) is 5.92 Å². The zero-order valence-electron chi connectivity index (χ0n) is 17.6. The first-order valence-electron chi connectivity index (χ1n) is 10.6. The molecule has 2 aliphatic heterocycles. The van der Waals surface area contributed by atoms with Gasteiger partial charge in [0.05, 0.1) is 35.4 Å². The van der Waals surface area contributed by atoms with E-state index in [-0.39, 0.29) is 17.6 Å². The number of benzene rings is 2. The second kappa shape index (κ2) is 7.46. The number of carboxylic acid groups (broad SMARTS) is 1. The van der Waals surface area contributed by atoms with E-state index < -0.39 is 18.0 Å². The Bertz CT molecular complexity index is 1300. The smallest absolute Gasteiger partial charge is 0.235 e. The maximum absolute atomic E-state index is 12.6. The summed E-state index contributed by atoms with van der Waals surface area (Å²) in [5.74, 6) is -2.33. The molecular formula is C25H23N3O4. The standard InChI is InChI=1S/C25H23N3O4/c1-14(29)22-21-11-20(23(25(31)32)28(21)24(22)30)16-9-15-5-2-3-7-19(15)17(10-16)12-27-8-4-6-18(26)13-27/h2-10,13-14,21-22,29H,11-12,26H2,1H3/t14-,21-,22-/m1/s1. The second-order valence-electron chi connectivity index (χ2n) is 8.53. The Morgan fingerprint density at radius 1 is 1.28 bits per heavy atom. The number of aromatic nitrogens is 1. The van der Waals surface area contributed by atoms with E-state index in [0.29, 0.717) is 24.2 Å². The van der Waals surface area contributed by atoms with E-state index in [1.165, 1.54) is 4.90 Å². The fraction of sp³-hybridized carbons (Fsp3) is 0.240. The van der Waals surface area contributed by atoms with E-state index in [2.05, 4.69) is 0 Å². The highest BCUT2D eigenvalue weighted by atomic mass is 16.4. The molecule has 1 amide bonds. The number of aliphatic hydroxyl groups is 1. The van der Waals surface area contributed by atoms with Gasteiger partial charge in [0.15, 0.2) is 18.9 Å². The van der Waals surface area contributed by atoms with Crippen molar-refractivity contribution in [3.63, 3.8) is 0 Å². The van der Waals surface area contributed by atoms with Crippen LogP contribution in [0.1, 0.15) is 24.5 Å². The number of nitrogen functional groups attached to an aromatic ring is 1. The number of aliphatic hydroxyl groups excluding tert-OH is 1. The molecule has 162 valence electrons. The molecule has 0 saturated carbocycles. The van der Waals surface area contributed by atoms with Crippen molar-refractivity contribution < 1.29 is 24.4 Å². The van der Waals surface area contributed by atoms with Gasteiger partial charge in [-0.05, 0) is 53.5 Å². The second-order valence-corrected chi connectivity index (χ2v) is 8.53. The molecule has 2 aliphatic rings. The molecule has 3 heterocycles. The minimum Gasteiger partial charge on any atom is -0.543 e. The molecule has 5 rings (SSSR count). The third kappa shape index (κ3) is 3.13. The molecule has 0 bridgehead atoms. The van der Waals surface area contributed by atoms with Gasteiger partial charge in [-0.1, -0.05) is 24.3 Å². The molecule has 3 atom stereocenters. The highest BCUT2D eigenvalue weighted by molar-refractivity contribution is 6.06. The van der Waals surface area contributed by atoms with E-state index in [4.69, 9.17) is 5.73 Å². The zero-order chi connectivity index (χ0) is 22.6. The van der Waals surface area contributed by atoms with Gasteiger partial charge in [0.2, 0.25) is 5.91 Å². The summed E-state index contributed by atoms with van der Waals surface area (Å²) >= 11 is 0. The number of hydrogen-bond donors (Lipinski definition) is 2. The Hall–Kier alpha value is -3.71. The van der Waals surface area contributed by atoms with Gasteiger partial charge in [0, 0.05) is 11.6 Å². The number of anilines is 1. The molecule has 0 unspecified atom stereocenters. The van der Waals surface area contributed by atoms with Crippen molar-refractivity contribution in [2.75, 3.05) is 5.73 Å². The highest BCUT2D eigenvalue weighted by Crippen LogP contribution is 2.47. The summed E-state index contributed by atoms with van der Waals surface area (Å²) in [5, 5.41) is 24.1. The van der Waals surface area contributed by atoms with Gasteiger partial charge in [0.1, 0.15) is 0 Å². The van der Waals surface area contributed by atoms with Crippen LogP contribution < -0.4 is 15.4 Å². The average Bonchev–Trinajstić information content (AvgIpc) is 3.09. The maximum atomic E-state index is 12.6. The first-order valence-corrected chi connectivity index (χ1v) is 10.6. The van der Waals surface area contributed by atoms with E-state index in [1.807, 2.05) is 65.5 Å². The van der Waals surface area contributed by atoms with Crippen molar-refractivity contribution in [1.82, 2.24) is 4.90 Å². The first-order chi connectivity index (χ1) is 15.3. The number of β-lactam (4-membered cyclic amide) rings is 1. The van der Waals surface area contributed by atoms with E-state index in [1.54, 1.807) is 6.92 Å². The highest BCUT2D eigenvalue weighted by Gasteiger charge is 2.55. The van der Waals surface area contributed by atoms with Crippen molar-refractivity contribution >= 4 is 33.9 Å². The van der Waals surface area contributed by atoms with Crippen LogP contribution in [0.25, 0.3) is 16.3 Å². The van der Waals surface area contributed by atoms with Gasteiger partial charge in [-0.15, -0.1) is 0 Å². The molecule has 3 aromatic rings. The first kappa shape index (κ1) is 20.2. The summed E-state index contributed by atoms with van der Waals surface area (Å²) in [6.07, 6.45) is 3.31. The minimum absolute atomic E-state index is 0.0882. The van der Waals surface area contributed by atoms with Gasteiger partial charge in [-0.25, -0.2) is 0 Å². The molecule has 0 radical (unpaired) electrons. The Kier molecular flexibility index (Phi) is 4.71. The zero-order valence-corrected chi connectivity index (χ0v) is 17.6. The van der Waals surface area contributed by atoms with Gasteiger partial charge in [0.25, 0.3) is 0 Å². The number of hydrogen-bond acceptors (Lipinski definition) is 5. The third-order valence-electron chi connectivity index (χ3n) is 6.45. The molecule has 1 saturated heterocycles. The number of aliphatic carboxylic acids is 1. The maximum Gasteiger partial charge on any atom is 0.235 e. The Morgan fingerprint density at radius 2 is 2.06 bits per heavy atom. The monoisotopic (exact) mass is 429 g/mol. The quantitative estimate of drug-likeness (QED) is 0.461. The van der Waals surface area contributed by atoms with Crippen LogP contribution >= 0.6 is 0 Å². The van der Waals surface area contributed by atoms with Crippen LogP contribution in [0.5, 0.6) is 0 Å². The van der Waals surface area contributed by atoms with Crippen LogP contribution in [0, 0.1) is 5.92 Å². The SMILES string of the molecule is C[C@@H](O)[C@H]1C(=O)N2C(C(=O)[O-])=C(c3cc(C[n+]4cccc(N)c4)c4ccccc4c3)C[C@H]12. The lowest BCUT2D eigenvalue weighted by atomic mass is 9.82. The fourth-order valence-corrected chi connectivity index (χ4v) is 5.05. The summed E-state index contributed by atoms with van der Waals surface area (Å²) in [6, 6.07) is 15.2. The number of rotatable bonds is 5. The lowest BCUT2D eigenvalue weighted by molar-refractivity contribution is -0.687. The minimum atomic E-state index is -1.38. The molecule has 3 N–H and O–H groups in total. The van der Waals surface area contributed by atoms with E-state index in [9.17, 15) is 19.8 Å².